The zero-order chi connectivity index (χ0) is 23.9. The van der Waals surface area contributed by atoms with E-state index in [9.17, 15) is 4.79 Å². The Bertz CT molecular complexity index is 972. The van der Waals surface area contributed by atoms with E-state index in [1.54, 1.807) is 6.07 Å². The maximum Gasteiger partial charge on any atom is 0.276 e. The summed E-state index contributed by atoms with van der Waals surface area (Å²) in [4.78, 5) is 32.8. The van der Waals surface area contributed by atoms with E-state index in [0.717, 1.165) is 32.8 Å². The molecule has 0 aromatic carbocycles. The van der Waals surface area contributed by atoms with Crippen molar-refractivity contribution in [1.82, 2.24) is 30.0 Å². The minimum Gasteiger partial charge on any atom is -0.476 e. The summed E-state index contributed by atoms with van der Waals surface area (Å²) in [6.07, 6.45) is 0. The number of hydrogen-bond donors (Lipinski definition) is 2. The fourth-order valence-electron chi connectivity index (χ4n) is 4.00. The molecule has 190 valence electrons. The number of nitrogens with one attached hydrogen (secondary N) is 2. The third-order valence-corrected chi connectivity index (χ3v) is 5.98. The molecule has 3 fully saturated rings. The van der Waals surface area contributed by atoms with E-state index in [1.165, 1.54) is 0 Å². The highest BCUT2D eigenvalue weighted by Crippen LogP contribution is 2.19. The number of morpholine rings is 3. The first kappa shape index (κ1) is 23.7. The van der Waals surface area contributed by atoms with Crippen molar-refractivity contribution in [3.8, 4) is 5.88 Å². The Labute approximate surface area is 202 Å². The number of H-pyrrole nitrogens is 1. The molecule has 14 nitrogen and oxygen atoms in total. The number of carbonyl (C=O) groups is 1. The second kappa shape index (κ2) is 11.6. The highest BCUT2D eigenvalue weighted by atomic mass is 16.5. The van der Waals surface area contributed by atoms with Crippen LogP contribution in [-0.2, 0) is 14.2 Å². The largest absolute Gasteiger partial charge is 0.476 e. The molecule has 3 aliphatic rings. The molecule has 1 amide bonds. The molecule has 0 bridgehead atoms. The summed E-state index contributed by atoms with van der Waals surface area (Å²) in [6.45, 7) is 9.50. The number of nitrogens with zero attached hydrogens (tertiary/aromatic N) is 7. The molecular weight excluding hydrogens is 458 g/mol. The summed E-state index contributed by atoms with van der Waals surface area (Å²) in [6, 6.07) is 1.55. The summed E-state index contributed by atoms with van der Waals surface area (Å²) in [5.41, 5.74) is 0.187. The van der Waals surface area contributed by atoms with Gasteiger partial charge in [-0.25, -0.2) is 10.1 Å². The molecule has 2 aromatic heterocycles. The summed E-state index contributed by atoms with van der Waals surface area (Å²) < 4.78 is 22.1. The molecule has 0 atom stereocenters. The molecule has 2 aromatic rings. The third-order valence-electron chi connectivity index (χ3n) is 5.98. The van der Waals surface area contributed by atoms with Crippen LogP contribution in [-0.4, -0.2) is 128 Å². The second-order valence-electron chi connectivity index (χ2n) is 8.33. The molecule has 35 heavy (non-hydrogen) atoms. The summed E-state index contributed by atoms with van der Waals surface area (Å²) >= 11 is 0. The molecule has 0 radical (unpaired) electrons. The fraction of sp³-hybridized carbons (Fsp3) is 0.667. The second-order valence-corrected chi connectivity index (χ2v) is 8.33. The Kier molecular flexibility index (Phi) is 7.82. The van der Waals surface area contributed by atoms with Crippen molar-refractivity contribution >= 4 is 23.8 Å². The van der Waals surface area contributed by atoms with Crippen molar-refractivity contribution in [3.05, 3.63) is 11.8 Å². The third kappa shape index (κ3) is 6.33. The maximum absolute atomic E-state index is 13.1. The SMILES string of the molecule is O=C(Nc1nc(N2CCOCC2)n[nH]1)c1cc(OCCN2CCOCC2)nc(N2CCOCC2)n1. The molecule has 5 heterocycles. The lowest BCUT2D eigenvalue weighted by Crippen LogP contribution is -2.39. The molecule has 3 saturated heterocycles. The van der Waals surface area contributed by atoms with E-state index in [2.05, 4.69) is 35.4 Å². The van der Waals surface area contributed by atoms with Crippen LogP contribution in [0.25, 0.3) is 0 Å². The first-order valence-corrected chi connectivity index (χ1v) is 12.0. The molecule has 2 N–H and O–H groups in total. The minimum absolute atomic E-state index is 0.187. The number of aromatic nitrogens is 5. The van der Waals surface area contributed by atoms with E-state index in [0.29, 0.717) is 77.0 Å². The Morgan fingerprint density at radius 2 is 1.51 bits per heavy atom. The first-order valence-electron chi connectivity index (χ1n) is 12.0. The lowest BCUT2D eigenvalue weighted by molar-refractivity contribution is 0.0320. The van der Waals surface area contributed by atoms with Crippen LogP contribution < -0.4 is 19.9 Å². The average molecular weight is 490 g/mol. The zero-order valence-corrected chi connectivity index (χ0v) is 19.6. The predicted octanol–water partition coefficient (Wildman–Crippen LogP) is -0.769. The zero-order valence-electron chi connectivity index (χ0n) is 19.6. The first-order chi connectivity index (χ1) is 17.2. The molecule has 14 heteroatoms. The number of amides is 1. The fourth-order valence-corrected chi connectivity index (χ4v) is 4.00. The van der Waals surface area contributed by atoms with Crippen LogP contribution in [0.2, 0.25) is 0 Å². The van der Waals surface area contributed by atoms with E-state index < -0.39 is 5.91 Å². The number of aromatic amines is 1. The van der Waals surface area contributed by atoms with Gasteiger partial charge in [0.05, 0.1) is 39.6 Å². The highest BCUT2D eigenvalue weighted by molar-refractivity contribution is 6.02. The average Bonchev–Trinajstić information content (AvgIpc) is 3.39. The maximum atomic E-state index is 13.1. The van der Waals surface area contributed by atoms with Crippen LogP contribution in [0.5, 0.6) is 5.88 Å². The Morgan fingerprint density at radius 1 is 0.886 bits per heavy atom. The normalized spacial score (nSPS) is 19.5. The van der Waals surface area contributed by atoms with Crippen molar-refractivity contribution in [2.75, 3.05) is 107 Å². The van der Waals surface area contributed by atoms with Crippen molar-refractivity contribution in [3.63, 3.8) is 0 Å². The van der Waals surface area contributed by atoms with Gasteiger partial charge in [0.1, 0.15) is 12.3 Å². The molecule has 0 unspecified atom stereocenters. The van der Waals surface area contributed by atoms with Crippen LogP contribution in [0.15, 0.2) is 6.07 Å². The van der Waals surface area contributed by atoms with E-state index in [4.69, 9.17) is 18.9 Å². The van der Waals surface area contributed by atoms with E-state index in [-0.39, 0.29) is 11.6 Å². The summed E-state index contributed by atoms with van der Waals surface area (Å²) in [5.74, 6) is 1.13. The summed E-state index contributed by atoms with van der Waals surface area (Å²) in [7, 11) is 0. The quantitative estimate of drug-likeness (QED) is 0.481. The molecule has 5 rings (SSSR count). The van der Waals surface area contributed by atoms with Gasteiger partial charge in [-0.3, -0.25) is 15.0 Å². The van der Waals surface area contributed by atoms with Gasteiger partial charge in [0, 0.05) is 51.9 Å². The number of rotatable bonds is 8. The Hall–Kier alpha value is -3.07. The number of anilines is 3. The molecule has 0 saturated carbocycles. The van der Waals surface area contributed by atoms with Gasteiger partial charge in [-0.05, 0) is 0 Å². The van der Waals surface area contributed by atoms with Gasteiger partial charge in [-0.2, -0.15) is 9.97 Å². The molecule has 0 aliphatic carbocycles. The predicted molar refractivity (Wildman–Crippen MR) is 125 cm³/mol. The van der Waals surface area contributed by atoms with Crippen molar-refractivity contribution in [2.45, 2.75) is 0 Å². The van der Waals surface area contributed by atoms with Gasteiger partial charge in [0.2, 0.25) is 23.7 Å². The van der Waals surface area contributed by atoms with Crippen molar-refractivity contribution in [2.24, 2.45) is 0 Å². The Morgan fingerprint density at radius 3 is 2.20 bits per heavy atom. The van der Waals surface area contributed by atoms with Crippen molar-refractivity contribution < 1.29 is 23.7 Å². The monoisotopic (exact) mass is 489 g/mol. The van der Waals surface area contributed by atoms with E-state index in [1.807, 2.05) is 9.80 Å². The number of carbonyl (C=O) groups excluding carboxylic acids is 1. The van der Waals surface area contributed by atoms with Crippen LogP contribution in [0.1, 0.15) is 10.5 Å². The number of ether oxygens (including phenoxy) is 4. The van der Waals surface area contributed by atoms with Crippen LogP contribution in [0.3, 0.4) is 0 Å². The van der Waals surface area contributed by atoms with Crippen molar-refractivity contribution in [1.29, 1.82) is 0 Å². The van der Waals surface area contributed by atoms with Gasteiger partial charge in [-0.1, -0.05) is 0 Å². The van der Waals surface area contributed by atoms with Gasteiger partial charge in [-0.15, -0.1) is 5.10 Å². The van der Waals surface area contributed by atoms with Crippen LogP contribution >= 0.6 is 0 Å². The van der Waals surface area contributed by atoms with Crippen LogP contribution in [0, 0.1) is 0 Å². The Balaban J connectivity index is 1.27. The minimum atomic E-state index is -0.426. The van der Waals surface area contributed by atoms with E-state index >= 15 is 0 Å². The van der Waals surface area contributed by atoms with Crippen LogP contribution in [0.4, 0.5) is 17.8 Å². The summed E-state index contributed by atoms with van der Waals surface area (Å²) in [5, 5.41) is 9.73. The molecule has 3 aliphatic heterocycles. The topological polar surface area (TPSA) is 143 Å². The highest BCUT2D eigenvalue weighted by Gasteiger charge is 2.21. The van der Waals surface area contributed by atoms with Gasteiger partial charge in [0.15, 0.2) is 0 Å². The van der Waals surface area contributed by atoms with Gasteiger partial charge < -0.3 is 28.7 Å². The lowest BCUT2D eigenvalue weighted by atomic mass is 10.3. The molecule has 0 spiro atoms. The smallest absolute Gasteiger partial charge is 0.276 e. The van der Waals surface area contributed by atoms with Gasteiger partial charge in [0.25, 0.3) is 5.91 Å². The molecular formula is C21H31N9O5. The van der Waals surface area contributed by atoms with Gasteiger partial charge >= 0.3 is 0 Å². The standard InChI is InChI=1S/C21H31N9O5/c31-18(24-19-25-21(27-26-19)30-6-12-34-13-7-30)16-15-17(35-14-3-28-1-8-32-9-2-28)23-20(22-16)29-4-10-33-11-5-29/h15H,1-14H2,(H2,24,25,26,27,31). The lowest BCUT2D eigenvalue weighted by Gasteiger charge is -2.27. The number of hydrogen-bond acceptors (Lipinski definition) is 12.